The molecule has 0 aliphatic heterocycles. The van der Waals surface area contributed by atoms with Crippen molar-refractivity contribution < 1.29 is 10.0 Å². The van der Waals surface area contributed by atoms with Crippen molar-refractivity contribution in [2.75, 3.05) is 0 Å². The molecule has 0 bridgehead atoms. The molecule has 0 saturated carbocycles. The fourth-order valence-corrected chi connectivity index (χ4v) is 1.93. The Kier molecular flexibility index (Phi) is 2.51. The number of aryl methyl sites for hydroxylation is 2. The van der Waals surface area contributed by atoms with E-state index in [-0.39, 0.29) is 0 Å². The lowest BCUT2D eigenvalue weighted by Crippen LogP contribution is -2.32. The quantitative estimate of drug-likeness (QED) is 0.677. The second-order valence-electron chi connectivity index (χ2n) is 3.89. The van der Waals surface area contributed by atoms with Crippen molar-refractivity contribution in [3.8, 4) is 0 Å². The zero-order valence-electron chi connectivity index (χ0n) is 8.86. The Morgan fingerprint density at radius 3 is 2.40 bits per heavy atom. The van der Waals surface area contributed by atoms with E-state index in [2.05, 4.69) is 0 Å². The number of benzene rings is 2. The summed E-state index contributed by atoms with van der Waals surface area (Å²) in [5.74, 6) is 0. The minimum absolute atomic E-state index is 0.604. The van der Waals surface area contributed by atoms with Crippen LogP contribution in [0.5, 0.6) is 0 Å². The predicted octanol–water partition coefficient (Wildman–Crippen LogP) is 1.14. The molecule has 0 atom stereocenters. The van der Waals surface area contributed by atoms with Gasteiger partial charge >= 0.3 is 7.12 Å². The smallest absolute Gasteiger partial charge is 0.423 e. The molecule has 2 N–H and O–H groups in total. The van der Waals surface area contributed by atoms with Crippen LogP contribution in [0.1, 0.15) is 11.1 Å². The maximum Gasteiger partial charge on any atom is 0.489 e. The summed E-state index contributed by atoms with van der Waals surface area (Å²) in [7, 11) is -1.41. The molecular weight excluding hydrogens is 187 g/mol. The van der Waals surface area contributed by atoms with E-state index >= 15 is 0 Å². The number of fused-ring (bicyclic) bond motifs is 1. The summed E-state index contributed by atoms with van der Waals surface area (Å²) in [5, 5.41) is 20.6. The summed E-state index contributed by atoms with van der Waals surface area (Å²) in [6.07, 6.45) is 0. The van der Waals surface area contributed by atoms with Crippen LogP contribution >= 0.6 is 0 Å². The van der Waals surface area contributed by atoms with Gasteiger partial charge in [0.05, 0.1) is 0 Å². The van der Waals surface area contributed by atoms with Crippen LogP contribution in [-0.4, -0.2) is 17.2 Å². The highest BCUT2D eigenvalue weighted by molar-refractivity contribution is 6.62. The fourth-order valence-electron chi connectivity index (χ4n) is 1.93. The van der Waals surface area contributed by atoms with Crippen LogP contribution < -0.4 is 5.46 Å². The average Bonchev–Trinajstić information content (AvgIpc) is 2.17. The number of hydrogen-bond acceptors (Lipinski definition) is 2. The third-order valence-corrected chi connectivity index (χ3v) is 2.69. The van der Waals surface area contributed by atoms with Crippen molar-refractivity contribution in [1.29, 1.82) is 0 Å². The molecule has 76 valence electrons. The molecule has 3 heteroatoms. The Balaban J connectivity index is 2.82. The van der Waals surface area contributed by atoms with Gasteiger partial charge in [-0.3, -0.25) is 0 Å². The van der Waals surface area contributed by atoms with Crippen molar-refractivity contribution in [2.24, 2.45) is 0 Å². The van der Waals surface area contributed by atoms with E-state index in [4.69, 9.17) is 0 Å². The summed E-state index contributed by atoms with van der Waals surface area (Å²) >= 11 is 0. The molecule has 0 saturated heterocycles. The van der Waals surface area contributed by atoms with Gasteiger partial charge in [0.25, 0.3) is 0 Å². The zero-order chi connectivity index (χ0) is 11.0. The molecule has 0 spiro atoms. The summed E-state index contributed by atoms with van der Waals surface area (Å²) in [6, 6.07) is 9.88. The SMILES string of the molecule is Cc1ccc2c(B(O)O)c(C)ccc2c1. The largest absolute Gasteiger partial charge is 0.489 e. The van der Waals surface area contributed by atoms with Gasteiger partial charge in [-0.1, -0.05) is 41.5 Å². The van der Waals surface area contributed by atoms with Crippen molar-refractivity contribution in [3.05, 3.63) is 41.5 Å². The van der Waals surface area contributed by atoms with Gasteiger partial charge in [0.1, 0.15) is 0 Å². The van der Waals surface area contributed by atoms with Gasteiger partial charge in [0, 0.05) is 0 Å². The molecule has 0 radical (unpaired) electrons. The molecule has 0 heterocycles. The first-order valence-corrected chi connectivity index (χ1v) is 4.95. The van der Waals surface area contributed by atoms with E-state index in [1.807, 2.05) is 44.2 Å². The summed E-state index contributed by atoms with van der Waals surface area (Å²) in [6.45, 7) is 3.91. The second kappa shape index (κ2) is 3.68. The number of rotatable bonds is 1. The average molecular weight is 200 g/mol. The molecule has 2 aromatic rings. The van der Waals surface area contributed by atoms with Gasteiger partial charge in [-0.25, -0.2) is 0 Å². The second-order valence-corrected chi connectivity index (χ2v) is 3.89. The predicted molar refractivity (Wildman–Crippen MR) is 63.2 cm³/mol. The van der Waals surface area contributed by atoms with Crippen molar-refractivity contribution in [2.45, 2.75) is 13.8 Å². The third-order valence-electron chi connectivity index (χ3n) is 2.69. The van der Waals surface area contributed by atoms with Crippen LogP contribution in [0.4, 0.5) is 0 Å². The minimum Gasteiger partial charge on any atom is -0.423 e. The van der Waals surface area contributed by atoms with Crippen LogP contribution in [0, 0.1) is 13.8 Å². The highest BCUT2D eigenvalue weighted by atomic mass is 16.4. The first-order valence-electron chi connectivity index (χ1n) is 4.95. The standard InChI is InChI=1S/C12H13BO2/c1-8-3-6-11-10(7-8)5-4-9(2)12(11)13(14)15/h3-7,14-15H,1-2H3. The molecule has 0 aromatic heterocycles. The van der Waals surface area contributed by atoms with E-state index in [0.29, 0.717) is 5.46 Å². The van der Waals surface area contributed by atoms with E-state index in [1.165, 1.54) is 5.56 Å². The Bertz CT molecular complexity index is 506. The Morgan fingerprint density at radius 2 is 1.73 bits per heavy atom. The van der Waals surface area contributed by atoms with Gasteiger partial charge in [0.2, 0.25) is 0 Å². The molecule has 15 heavy (non-hydrogen) atoms. The number of hydrogen-bond donors (Lipinski definition) is 2. The van der Waals surface area contributed by atoms with Crippen molar-refractivity contribution in [3.63, 3.8) is 0 Å². The lowest BCUT2D eigenvalue weighted by molar-refractivity contribution is 0.426. The molecule has 2 rings (SSSR count). The minimum atomic E-state index is -1.41. The summed E-state index contributed by atoms with van der Waals surface area (Å²) in [4.78, 5) is 0. The maximum absolute atomic E-state index is 9.33. The van der Waals surface area contributed by atoms with Crippen molar-refractivity contribution in [1.82, 2.24) is 0 Å². The zero-order valence-corrected chi connectivity index (χ0v) is 8.86. The molecular formula is C12H13BO2. The molecule has 0 unspecified atom stereocenters. The van der Waals surface area contributed by atoms with E-state index in [9.17, 15) is 10.0 Å². The van der Waals surface area contributed by atoms with Gasteiger partial charge in [-0.2, -0.15) is 0 Å². The lowest BCUT2D eigenvalue weighted by Gasteiger charge is -2.09. The highest BCUT2D eigenvalue weighted by Gasteiger charge is 2.17. The normalized spacial score (nSPS) is 10.7. The maximum atomic E-state index is 9.33. The van der Waals surface area contributed by atoms with Gasteiger partial charge < -0.3 is 10.0 Å². The molecule has 0 fully saturated rings. The molecule has 2 nitrogen and oxygen atoms in total. The molecule has 2 aromatic carbocycles. The van der Waals surface area contributed by atoms with E-state index in [0.717, 1.165) is 16.3 Å². The van der Waals surface area contributed by atoms with Crippen LogP contribution in [0.25, 0.3) is 10.8 Å². The fraction of sp³-hybridized carbons (Fsp3) is 0.167. The van der Waals surface area contributed by atoms with Gasteiger partial charge in [-0.15, -0.1) is 0 Å². The first kappa shape index (κ1) is 10.2. The Hall–Kier alpha value is -1.32. The van der Waals surface area contributed by atoms with Gasteiger partial charge in [0.15, 0.2) is 0 Å². The molecule has 0 aliphatic rings. The topological polar surface area (TPSA) is 40.5 Å². The van der Waals surface area contributed by atoms with Crippen LogP contribution in [0.2, 0.25) is 0 Å². The van der Waals surface area contributed by atoms with Crippen molar-refractivity contribution >= 4 is 23.4 Å². The van der Waals surface area contributed by atoms with Crippen LogP contribution in [0.3, 0.4) is 0 Å². The Labute approximate surface area is 89.3 Å². The first-order chi connectivity index (χ1) is 7.09. The molecule has 0 aliphatic carbocycles. The van der Waals surface area contributed by atoms with Crippen LogP contribution in [0.15, 0.2) is 30.3 Å². The monoisotopic (exact) mass is 200 g/mol. The van der Waals surface area contributed by atoms with Gasteiger partial charge in [-0.05, 0) is 30.1 Å². The highest BCUT2D eigenvalue weighted by Crippen LogP contribution is 2.16. The summed E-state index contributed by atoms with van der Waals surface area (Å²) in [5.41, 5.74) is 2.68. The summed E-state index contributed by atoms with van der Waals surface area (Å²) < 4.78 is 0. The van der Waals surface area contributed by atoms with E-state index in [1.54, 1.807) is 0 Å². The molecule has 0 amide bonds. The third kappa shape index (κ3) is 1.76. The van der Waals surface area contributed by atoms with Crippen LogP contribution in [-0.2, 0) is 0 Å². The lowest BCUT2D eigenvalue weighted by atomic mass is 9.74. The Morgan fingerprint density at radius 1 is 1.00 bits per heavy atom. The van der Waals surface area contributed by atoms with E-state index < -0.39 is 7.12 Å².